The molecule has 0 saturated heterocycles. The van der Waals surface area contributed by atoms with Gasteiger partial charge in [-0.25, -0.2) is 9.97 Å². The predicted octanol–water partition coefficient (Wildman–Crippen LogP) is 15.9. The van der Waals surface area contributed by atoms with E-state index >= 15 is 0 Å². The molecule has 10 rings (SSSR count). The Morgan fingerprint density at radius 1 is 0.206 bits per heavy atom. The zero-order valence-electron chi connectivity index (χ0n) is 34.6. The highest BCUT2D eigenvalue weighted by atomic mass is 15.2. The van der Waals surface area contributed by atoms with Crippen molar-refractivity contribution in [2.45, 2.75) is 0 Å². The number of aromatic nitrogens is 2. The molecule has 9 aromatic carbocycles. The van der Waals surface area contributed by atoms with E-state index in [1.807, 2.05) is 36.4 Å². The molecule has 0 aliphatic carbocycles. The lowest BCUT2D eigenvalue weighted by Crippen LogP contribution is -2.09. The van der Waals surface area contributed by atoms with Gasteiger partial charge in [0.25, 0.3) is 0 Å². The molecule has 0 bridgehead atoms. The van der Waals surface area contributed by atoms with Crippen molar-refractivity contribution in [3.05, 3.63) is 261 Å². The second-order valence-electron chi connectivity index (χ2n) is 15.1. The molecule has 5 nitrogen and oxygen atoms in total. The van der Waals surface area contributed by atoms with E-state index < -0.39 is 0 Å². The van der Waals surface area contributed by atoms with Gasteiger partial charge in [-0.05, 0) is 127 Å². The van der Waals surface area contributed by atoms with Gasteiger partial charge in [-0.1, -0.05) is 133 Å². The third-order valence-corrected chi connectivity index (χ3v) is 11.0. The van der Waals surface area contributed by atoms with Gasteiger partial charge in [0.2, 0.25) is 0 Å². The lowest BCUT2D eigenvalue weighted by molar-refractivity contribution is 1.18. The third-order valence-electron chi connectivity index (χ3n) is 11.0. The summed E-state index contributed by atoms with van der Waals surface area (Å²) in [7, 11) is 0. The van der Waals surface area contributed by atoms with E-state index in [-0.39, 0.29) is 0 Å². The first-order chi connectivity index (χ1) is 31.2. The largest absolute Gasteiger partial charge is 0.311 e. The van der Waals surface area contributed by atoms with Crippen molar-refractivity contribution in [2.75, 3.05) is 14.7 Å². The van der Waals surface area contributed by atoms with Crippen molar-refractivity contribution < 1.29 is 0 Å². The summed E-state index contributed by atoms with van der Waals surface area (Å²) < 4.78 is 0. The number of rotatable bonds is 12. The first kappa shape index (κ1) is 38.6. The molecule has 0 fully saturated rings. The number of hydrogen-bond acceptors (Lipinski definition) is 5. The highest BCUT2D eigenvalue weighted by molar-refractivity contribution is 5.82. The second kappa shape index (κ2) is 18.0. The number of nitrogens with zero attached hydrogens (tertiary/aromatic N) is 5. The average Bonchev–Trinajstić information content (AvgIpc) is 3.37. The maximum Gasteiger partial charge on any atom is 0.160 e. The monoisotopic (exact) mass is 809 g/mol. The molecular weight excluding hydrogens is 767 g/mol. The van der Waals surface area contributed by atoms with E-state index in [0.29, 0.717) is 5.82 Å². The van der Waals surface area contributed by atoms with Gasteiger partial charge in [-0.15, -0.1) is 0 Å². The van der Waals surface area contributed by atoms with E-state index in [1.165, 1.54) is 0 Å². The molecule has 0 amide bonds. The molecule has 1 aromatic heterocycles. The van der Waals surface area contributed by atoms with Crippen LogP contribution in [0.3, 0.4) is 0 Å². The van der Waals surface area contributed by atoms with E-state index in [9.17, 15) is 0 Å². The summed E-state index contributed by atoms with van der Waals surface area (Å²) in [6.07, 6.45) is 0. The fraction of sp³-hybridized carbons (Fsp3) is 0. The van der Waals surface area contributed by atoms with Crippen molar-refractivity contribution in [1.82, 2.24) is 9.97 Å². The van der Waals surface area contributed by atoms with Crippen LogP contribution >= 0.6 is 0 Å². The van der Waals surface area contributed by atoms with Gasteiger partial charge in [0.15, 0.2) is 5.82 Å². The number of anilines is 9. The maximum absolute atomic E-state index is 5.26. The molecule has 0 spiro atoms. The Morgan fingerprint density at radius 2 is 0.413 bits per heavy atom. The molecule has 0 aliphatic rings. The van der Waals surface area contributed by atoms with E-state index in [1.54, 1.807) is 0 Å². The quantitative estimate of drug-likeness (QED) is 0.123. The van der Waals surface area contributed by atoms with Gasteiger partial charge in [-0.2, -0.15) is 0 Å². The summed E-state index contributed by atoms with van der Waals surface area (Å²) in [5.74, 6) is 0.651. The molecule has 0 aliphatic heterocycles. The van der Waals surface area contributed by atoms with Gasteiger partial charge in [0, 0.05) is 67.9 Å². The van der Waals surface area contributed by atoms with Crippen molar-refractivity contribution in [1.29, 1.82) is 0 Å². The van der Waals surface area contributed by atoms with Gasteiger partial charge >= 0.3 is 0 Å². The predicted molar refractivity (Wildman–Crippen MR) is 262 cm³/mol. The van der Waals surface area contributed by atoms with Crippen LogP contribution in [0.1, 0.15) is 0 Å². The Balaban J connectivity index is 1.05. The molecule has 0 unspecified atom stereocenters. The zero-order valence-corrected chi connectivity index (χ0v) is 34.6. The van der Waals surface area contributed by atoms with Gasteiger partial charge in [-0.3, -0.25) is 0 Å². The van der Waals surface area contributed by atoms with E-state index in [0.717, 1.165) is 79.3 Å². The van der Waals surface area contributed by atoms with Crippen LogP contribution in [0.25, 0.3) is 33.9 Å². The summed E-state index contributed by atoms with van der Waals surface area (Å²) in [5.41, 5.74) is 14.3. The molecule has 0 N–H and O–H groups in total. The van der Waals surface area contributed by atoms with E-state index in [4.69, 9.17) is 9.97 Å². The Hall–Kier alpha value is -8.54. The molecule has 1 heterocycles. The average molecular weight is 810 g/mol. The van der Waals surface area contributed by atoms with Crippen LogP contribution in [0.5, 0.6) is 0 Å². The van der Waals surface area contributed by atoms with Crippen LogP contribution in [-0.2, 0) is 0 Å². The molecule has 5 heteroatoms. The van der Waals surface area contributed by atoms with Gasteiger partial charge in [0.1, 0.15) is 0 Å². The van der Waals surface area contributed by atoms with Crippen LogP contribution in [0.2, 0.25) is 0 Å². The molecule has 0 atom stereocenters. The lowest BCUT2D eigenvalue weighted by atomic mass is 10.0. The summed E-state index contributed by atoms with van der Waals surface area (Å²) in [5, 5.41) is 0. The molecule has 10 aromatic rings. The van der Waals surface area contributed by atoms with Crippen molar-refractivity contribution in [3.8, 4) is 33.9 Å². The van der Waals surface area contributed by atoms with Gasteiger partial charge < -0.3 is 14.7 Å². The van der Waals surface area contributed by atoms with E-state index in [2.05, 4.69) is 239 Å². The fourth-order valence-corrected chi connectivity index (χ4v) is 8.00. The SMILES string of the molecule is c1ccc(N(c2ccccc2)c2ccc(-c3cc(-c4ccc(N(c5ccccc5)c5ccccc5)cc4)nc(-c4ccc(N(c5ccccc5)c5ccccc5)cc4)n3)cc2)cc1. The summed E-state index contributed by atoms with van der Waals surface area (Å²) >= 11 is 0. The molecule has 0 radical (unpaired) electrons. The van der Waals surface area contributed by atoms with Crippen molar-refractivity contribution in [3.63, 3.8) is 0 Å². The molecular formula is C58H43N5. The number of para-hydroxylation sites is 6. The fourth-order valence-electron chi connectivity index (χ4n) is 8.00. The summed E-state index contributed by atoms with van der Waals surface area (Å²) in [6.45, 7) is 0. The Labute approximate surface area is 369 Å². The Morgan fingerprint density at radius 3 is 0.651 bits per heavy atom. The third kappa shape index (κ3) is 8.45. The minimum Gasteiger partial charge on any atom is -0.311 e. The first-order valence-corrected chi connectivity index (χ1v) is 21.2. The van der Waals surface area contributed by atoms with Crippen LogP contribution < -0.4 is 14.7 Å². The topological polar surface area (TPSA) is 35.5 Å². The van der Waals surface area contributed by atoms with Crippen LogP contribution in [0.4, 0.5) is 51.2 Å². The second-order valence-corrected chi connectivity index (χ2v) is 15.1. The minimum absolute atomic E-state index is 0.651. The highest BCUT2D eigenvalue weighted by Gasteiger charge is 2.18. The zero-order chi connectivity index (χ0) is 42.2. The van der Waals surface area contributed by atoms with Crippen LogP contribution in [-0.4, -0.2) is 9.97 Å². The minimum atomic E-state index is 0.651. The molecule has 300 valence electrons. The van der Waals surface area contributed by atoms with Crippen molar-refractivity contribution >= 4 is 51.2 Å². The normalized spacial score (nSPS) is 10.9. The molecule has 0 saturated carbocycles. The van der Waals surface area contributed by atoms with Crippen LogP contribution in [0, 0.1) is 0 Å². The Kier molecular flexibility index (Phi) is 11.0. The van der Waals surface area contributed by atoms with Crippen molar-refractivity contribution in [2.24, 2.45) is 0 Å². The number of hydrogen-bond donors (Lipinski definition) is 0. The maximum atomic E-state index is 5.26. The number of benzene rings is 9. The van der Waals surface area contributed by atoms with Gasteiger partial charge in [0.05, 0.1) is 11.4 Å². The van der Waals surface area contributed by atoms with Crippen LogP contribution in [0.15, 0.2) is 261 Å². The Bertz CT molecular complexity index is 2540. The summed E-state index contributed by atoms with van der Waals surface area (Å²) in [6, 6.07) is 90.8. The highest BCUT2D eigenvalue weighted by Crippen LogP contribution is 2.39. The standard InChI is InChI=1S/C58H43N5/c1-7-19-47(20-8-1)61(48-21-9-2-10-22-48)53-37-31-44(32-38-53)56-43-57(45-33-39-54(40-34-45)62(49-23-11-3-12-24-49)50-25-13-4-14-26-50)60-58(59-56)46-35-41-55(42-36-46)63(51-27-15-5-16-28-51)52-29-17-6-18-30-52/h1-43H. The first-order valence-electron chi connectivity index (χ1n) is 21.2. The molecule has 63 heavy (non-hydrogen) atoms. The summed E-state index contributed by atoms with van der Waals surface area (Å²) in [4.78, 5) is 17.3. The lowest BCUT2D eigenvalue weighted by Gasteiger charge is -2.25. The smallest absolute Gasteiger partial charge is 0.160 e.